The minimum Gasteiger partial charge on any atom is -0.357 e. The normalized spacial score (nSPS) is 18.0. The van der Waals surface area contributed by atoms with Crippen molar-refractivity contribution in [2.24, 2.45) is 0 Å². The van der Waals surface area contributed by atoms with E-state index < -0.39 is 21.8 Å². The van der Waals surface area contributed by atoms with E-state index in [-0.39, 0.29) is 6.04 Å². The molecule has 21 heavy (non-hydrogen) atoms. The lowest BCUT2D eigenvalue weighted by molar-refractivity contribution is -0.137. The number of piperidine rings is 1. The molecular weight excluding hydrogens is 307 g/mol. The Morgan fingerprint density at radius 1 is 1.29 bits per heavy atom. The maximum absolute atomic E-state index is 12.5. The van der Waals surface area contributed by atoms with Crippen molar-refractivity contribution in [1.29, 1.82) is 0 Å². The number of aromatic nitrogens is 1. The highest BCUT2D eigenvalue weighted by molar-refractivity contribution is 7.88. The van der Waals surface area contributed by atoms with Gasteiger partial charge in [0, 0.05) is 25.3 Å². The van der Waals surface area contributed by atoms with Gasteiger partial charge in [-0.3, -0.25) is 0 Å². The molecule has 0 bridgehead atoms. The van der Waals surface area contributed by atoms with Gasteiger partial charge in [-0.15, -0.1) is 0 Å². The number of halogens is 3. The third-order valence-electron chi connectivity index (χ3n) is 3.27. The van der Waals surface area contributed by atoms with E-state index in [1.165, 1.54) is 6.07 Å². The van der Waals surface area contributed by atoms with E-state index in [2.05, 4.69) is 9.71 Å². The third-order valence-corrected chi connectivity index (χ3v) is 4.04. The Morgan fingerprint density at radius 3 is 2.33 bits per heavy atom. The molecule has 0 unspecified atom stereocenters. The van der Waals surface area contributed by atoms with Gasteiger partial charge < -0.3 is 4.90 Å². The molecule has 1 N–H and O–H groups in total. The van der Waals surface area contributed by atoms with Crippen molar-refractivity contribution in [3.63, 3.8) is 0 Å². The molecule has 0 aromatic carbocycles. The van der Waals surface area contributed by atoms with Crippen molar-refractivity contribution in [3.8, 4) is 0 Å². The minimum absolute atomic E-state index is 0.134. The lowest BCUT2D eigenvalue weighted by atomic mass is 10.1. The van der Waals surface area contributed by atoms with E-state index in [9.17, 15) is 21.6 Å². The zero-order valence-corrected chi connectivity index (χ0v) is 12.2. The highest BCUT2D eigenvalue weighted by atomic mass is 32.2. The first-order valence-corrected chi connectivity index (χ1v) is 8.30. The summed E-state index contributed by atoms with van der Waals surface area (Å²) in [5.74, 6) is 0.473. The smallest absolute Gasteiger partial charge is 0.357 e. The Morgan fingerprint density at radius 2 is 1.90 bits per heavy atom. The molecule has 2 heterocycles. The van der Waals surface area contributed by atoms with Gasteiger partial charge in [0.25, 0.3) is 0 Å². The third kappa shape index (κ3) is 4.57. The second kappa shape index (κ2) is 5.80. The number of rotatable bonds is 3. The first-order valence-electron chi connectivity index (χ1n) is 6.41. The molecule has 1 aromatic heterocycles. The van der Waals surface area contributed by atoms with E-state index in [0.717, 1.165) is 18.5 Å². The zero-order chi connectivity index (χ0) is 15.7. The molecule has 2 rings (SSSR count). The summed E-state index contributed by atoms with van der Waals surface area (Å²) in [5, 5.41) is 0. The van der Waals surface area contributed by atoms with Crippen LogP contribution in [0.15, 0.2) is 18.3 Å². The molecule has 1 saturated heterocycles. The predicted octanol–water partition coefficient (Wildman–Crippen LogP) is 1.62. The van der Waals surface area contributed by atoms with Crippen LogP contribution in [-0.2, 0) is 16.2 Å². The first-order chi connectivity index (χ1) is 9.65. The number of hydrogen-bond donors (Lipinski definition) is 1. The largest absolute Gasteiger partial charge is 0.417 e. The highest BCUT2D eigenvalue weighted by Crippen LogP contribution is 2.29. The molecule has 0 radical (unpaired) electrons. The van der Waals surface area contributed by atoms with Crippen LogP contribution >= 0.6 is 0 Å². The highest BCUT2D eigenvalue weighted by Gasteiger charge is 2.31. The number of anilines is 1. The zero-order valence-electron chi connectivity index (χ0n) is 11.4. The van der Waals surface area contributed by atoms with Crippen LogP contribution in [0.25, 0.3) is 0 Å². The number of nitrogens with one attached hydrogen (secondary N) is 1. The summed E-state index contributed by atoms with van der Waals surface area (Å²) in [6, 6.07) is 2.21. The van der Waals surface area contributed by atoms with Gasteiger partial charge in [0.2, 0.25) is 10.0 Å². The SMILES string of the molecule is CS(=O)(=O)NC1CCN(c2ccc(C(F)(F)F)cn2)CC1. The quantitative estimate of drug-likeness (QED) is 0.918. The van der Waals surface area contributed by atoms with Crippen molar-refractivity contribution in [2.45, 2.75) is 25.1 Å². The van der Waals surface area contributed by atoms with Crippen molar-refractivity contribution in [3.05, 3.63) is 23.9 Å². The van der Waals surface area contributed by atoms with Crippen LogP contribution in [-0.4, -0.2) is 38.8 Å². The summed E-state index contributed by atoms with van der Waals surface area (Å²) in [5.41, 5.74) is -0.778. The molecular formula is C12H16F3N3O2S. The van der Waals surface area contributed by atoms with Crippen LogP contribution in [0.1, 0.15) is 18.4 Å². The van der Waals surface area contributed by atoms with Crippen molar-refractivity contribution >= 4 is 15.8 Å². The fourth-order valence-electron chi connectivity index (χ4n) is 2.27. The van der Waals surface area contributed by atoms with Crippen LogP contribution in [0.5, 0.6) is 0 Å². The maximum Gasteiger partial charge on any atom is 0.417 e. The Bertz CT molecular complexity index is 579. The molecule has 0 spiro atoms. The van der Waals surface area contributed by atoms with Crippen LogP contribution < -0.4 is 9.62 Å². The number of alkyl halides is 3. The van der Waals surface area contributed by atoms with E-state index in [4.69, 9.17) is 0 Å². The lowest BCUT2D eigenvalue weighted by Crippen LogP contribution is -2.44. The van der Waals surface area contributed by atoms with Gasteiger partial charge in [-0.2, -0.15) is 13.2 Å². The molecule has 5 nitrogen and oxygen atoms in total. The molecule has 0 atom stereocenters. The summed E-state index contributed by atoms with van der Waals surface area (Å²) in [7, 11) is -3.24. The van der Waals surface area contributed by atoms with Crippen LogP contribution in [0.3, 0.4) is 0 Å². The summed E-state index contributed by atoms with van der Waals surface area (Å²) in [6.07, 6.45) is -1.28. The van der Waals surface area contributed by atoms with Gasteiger partial charge >= 0.3 is 6.18 Å². The first kappa shape index (κ1) is 16.0. The van der Waals surface area contributed by atoms with Crippen molar-refractivity contribution < 1.29 is 21.6 Å². The fourth-order valence-corrected chi connectivity index (χ4v) is 3.11. The molecule has 1 fully saturated rings. The topological polar surface area (TPSA) is 62.3 Å². The van der Waals surface area contributed by atoms with Gasteiger partial charge in [0.1, 0.15) is 5.82 Å². The summed E-state index contributed by atoms with van der Waals surface area (Å²) >= 11 is 0. The van der Waals surface area contributed by atoms with Crippen LogP contribution in [0.4, 0.5) is 19.0 Å². The van der Waals surface area contributed by atoms with E-state index in [1.54, 1.807) is 0 Å². The molecule has 0 amide bonds. The molecule has 118 valence electrons. The maximum atomic E-state index is 12.5. The van der Waals surface area contributed by atoms with E-state index in [1.807, 2.05) is 4.90 Å². The predicted molar refractivity (Wildman–Crippen MR) is 72.5 cm³/mol. The second-order valence-corrected chi connectivity index (χ2v) is 6.83. The van der Waals surface area contributed by atoms with Gasteiger partial charge in [-0.05, 0) is 25.0 Å². The molecule has 1 aromatic rings. The minimum atomic E-state index is -4.39. The second-order valence-electron chi connectivity index (χ2n) is 5.05. The Hall–Kier alpha value is -1.35. The van der Waals surface area contributed by atoms with Gasteiger partial charge in [-0.25, -0.2) is 18.1 Å². The number of sulfonamides is 1. The molecule has 0 aliphatic carbocycles. The monoisotopic (exact) mass is 323 g/mol. The summed E-state index contributed by atoms with van der Waals surface area (Å²) < 4.78 is 62.2. The van der Waals surface area contributed by atoms with Gasteiger partial charge in [0.15, 0.2) is 0 Å². The van der Waals surface area contributed by atoms with E-state index >= 15 is 0 Å². The Labute approximate surface area is 121 Å². The van der Waals surface area contributed by atoms with Crippen molar-refractivity contribution in [2.75, 3.05) is 24.2 Å². The number of nitrogens with zero attached hydrogens (tertiary/aromatic N) is 2. The Kier molecular flexibility index (Phi) is 4.43. The molecule has 0 saturated carbocycles. The average Bonchev–Trinajstić information content (AvgIpc) is 2.37. The van der Waals surface area contributed by atoms with E-state index in [0.29, 0.717) is 31.7 Å². The average molecular weight is 323 g/mol. The lowest BCUT2D eigenvalue weighted by Gasteiger charge is -2.32. The fraction of sp³-hybridized carbons (Fsp3) is 0.583. The standard InChI is InChI=1S/C12H16F3N3O2S/c1-21(19,20)17-10-4-6-18(7-5-10)11-3-2-9(8-16-11)12(13,14)15/h2-3,8,10,17H,4-7H2,1H3. The van der Waals surface area contributed by atoms with Gasteiger partial charge in [-0.1, -0.05) is 0 Å². The summed E-state index contributed by atoms with van der Waals surface area (Å²) in [6.45, 7) is 1.09. The van der Waals surface area contributed by atoms with Crippen LogP contribution in [0.2, 0.25) is 0 Å². The Balaban J connectivity index is 1.96. The molecule has 1 aliphatic heterocycles. The number of hydrogen-bond acceptors (Lipinski definition) is 4. The molecule has 1 aliphatic rings. The van der Waals surface area contributed by atoms with Crippen LogP contribution in [0, 0.1) is 0 Å². The summed E-state index contributed by atoms with van der Waals surface area (Å²) in [4.78, 5) is 5.68. The number of pyridine rings is 1. The van der Waals surface area contributed by atoms with Crippen molar-refractivity contribution in [1.82, 2.24) is 9.71 Å². The molecule has 9 heteroatoms. The van der Waals surface area contributed by atoms with Gasteiger partial charge in [0.05, 0.1) is 11.8 Å².